The van der Waals surface area contributed by atoms with Crippen LogP contribution in [0.4, 0.5) is 5.69 Å². The fraction of sp³-hybridized carbons (Fsp3) is 0.429. The topological polar surface area (TPSA) is 45.0 Å². The van der Waals surface area contributed by atoms with Gasteiger partial charge in [-0.05, 0) is 50.1 Å². The molecule has 17 heavy (non-hydrogen) atoms. The molecule has 1 aromatic carbocycles. The van der Waals surface area contributed by atoms with E-state index in [0.29, 0.717) is 0 Å². The summed E-state index contributed by atoms with van der Waals surface area (Å²) < 4.78 is 0. The summed E-state index contributed by atoms with van der Waals surface area (Å²) in [6, 6.07) is 6.90. The van der Waals surface area contributed by atoms with Crippen molar-refractivity contribution in [3.8, 4) is 0 Å². The Bertz CT molecular complexity index is 525. The van der Waals surface area contributed by atoms with Gasteiger partial charge in [0.05, 0.1) is 0 Å². The van der Waals surface area contributed by atoms with Crippen molar-refractivity contribution in [3.63, 3.8) is 0 Å². The maximum atomic E-state index is 5.84. The summed E-state index contributed by atoms with van der Waals surface area (Å²) in [5.41, 5.74) is 9.24. The van der Waals surface area contributed by atoms with E-state index < -0.39 is 0 Å². The van der Waals surface area contributed by atoms with E-state index in [9.17, 15) is 0 Å². The van der Waals surface area contributed by atoms with Gasteiger partial charge in [-0.1, -0.05) is 0 Å². The zero-order chi connectivity index (χ0) is 11.8. The Morgan fingerprint density at radius 2 is 2.24 bits per heavy atom. The smallest absolute Gasteiger partial charge is 0.0458 e. The van der Waals surface area contributed by atoms with E-state index >= 15 is 0 Å². The van der Waals surface area contributed by atoms with Gasteiger partial charge in [0.25, 0.3) is 0 Å². The highest BCUT2D eigenvalue weighted by atomic mass is 15.1. The molecule has 2 aromatic rings. The molecule has 1 aliphatic carbocycles. The lowest BCUT2D eigenvalue weighted by Crippen LogP contribution is -2.23. The molecule has 90 valence electrons. The lowest BCUT2D eigenvalue weighted by Gasteiger charge is -2.14. The molecule has 0 saturated heterocycles. The van der Waals surface area contributed by atoms with Gasteiger partial charge in [-0.2, -0.15) is 0 Å². The van der Waals surface area contributed by atoms with E-state index in [1.807, 2.05) is 6.07 Å². The van der Waals surface area contributed by atoms with Gasteiger partial charge in [0, 0.05) is 35.4 Å². The zero-order valence-electron chi connectivity index (χ0n) is 10.2. The Morgan fingerprint density at radius 3 is 3.00 bits per heavy atom. The van der Waals surface area contributed by atoms with Gasteiger partial charge in [-0.3, -0.25) is 0 Å². The Balaban J connectivity index is 1.77. The standard InChI is InChI=1S/C14H19N3/c1-17(12-3-4-12)7-6-10-9-16-14-5-2-11(15)8-13(10)14/h2,5,8-9,12,16H,3-4,6-7,15H2,1H3. The Labute approximate surface area is 102 Å². The largest absolute Gasteiger partial charge is 0.399 e. The zero-order valence-corrected chi connectivity index (χ0v) is 10.2. The Morgan fingerprint density at radius 1 is 1.41 bits per heavy atom. The average molecular weight is 229 g/mol. The number of nitrogen functional groups attached to an aromatic ring is 1. The van der Waals surface area contributed by atoms with Gasteiger partial charge in [0.1, 0.15) is 0 Å². The van der Waals surface area contributed by atoms with Crippen LogP contribution < -0.4 is 5.73 Å². The second kappa shape index (κ2) is 4.08. The molecule has 0 radical (unpaired) electrons. The fourth-order valence-electron chi connectivity index (χ4n) is 2.40. The number of benzene rings is 1. The average Bonchev–Trinajstić information content (AvgIpc) is 3.09. The van der Waals surface area contributed by atoms with Crippen molar-refractivity contribution in [3.05, 3.63) is 30.0 Å². The molecule has 0 amide bonds. The minimum absolute atomic E-state index is 0.838. The molecular weight excluding hydrogens is 210 g/mol. The number of likely N-dealkylation sites (N-methyl/N-ethyl adjacent to an activating group) is 1. The van der Waals surface area contributed by atoms with Crippen LogP contribution in [-0.2, 0) is 6.42 Å². The van der Waals surface area contributed by atoms with Crippen LogP contribution in [0.1, 0.15) is 18.4 Å². The lowest BCUT2D eigenvalue weighted by atomic mass is 10.1. The molecule has 0 aliphatic heterocycles. The van der Waals surface area contributed by atoms with Crippen LogP contribution in [0, 0.1) is 0 Å². The van der Waals surface area contributed by atoms with Crippen LogP contribution in [0.15, 0.2) is 24.4 Å². The highest BCUT2D eigenvalue weighted by Crippen LogP contribution is 2.26. The Kier molecular flexibility index (Phi) is 2.56. The normalized spacial score (nSPS) is 15.9. The monoisotopic (exact) mass is 229 g/mol. The van der Waals surface area contributed by atoms with E-state index in [1.165, 1.54) is 29.3 Å². The first-order valence-corrected chi connectivity index (χ1v) is 6.30. The molecule has 3 nitrogen and oxygen atoms in total. The van der Waals surface area contributed by atoms with Crippen molar-refractivity contribution in [2.24, 2.45) is 0 Å². The number of aromatic amines is 1. The van der Waals surface area contributed by atoms with E-state index in [2.05, 4.69) is 35.3 Å². The van der Waals surface area contributed by atoms with E-state index in [0.717, 1.165) is 24.7 Å². The number of aromatic nitrogens is 1. The molecule has 0 spiro atoms. The predicted molar refractivity (Wildman–Crippen MR) is 72.1 cm³/mol. The second-order valence-electron chi connectivity index (χ2n) is 5.08. The molecule has 3 N–H and O–H groups in total. The quantitative estimate of drug-likeness (QED) is 0.791. The summed E-state index contributed by atoms with van der Waals surface area (Å²) in [6.07, 6.45) is 5.95. The van der Waals surface area contributed by atoms with Crippen LogP contribution in [0.2, 0.25) is 0 Å². The third-order valence-electron chi connectivity index (χ3n) is 3.70. The van der Waals surface area contributed by atoms with Gasteiger partial charge in [0.15, 0.2) is 0 Å². The number of nitrogens with zero attached hydrogens (tertiary/aromatic N) is 1. The van der Waals surface area contributed by atoms with Gasteiger partial charge in [-0.15, -0.1) is 0 Å². The summed E-state index contributed by atoms with van der Waals surface area (Å²) in [7, 11) is 2.22. The van der Waals surface area contributed by atoms with Crippen LogP contribution in [-0.4, -0.2) is 29.5 Å². The number of anilines is 1. The third kappa shape index (κ3) is 2.15. The molecule has 1 saturated carbocycles. The summed E-state index contributed by atoms with van der Waals surface area (Å²) >= 11 is 0. The van der Waals surface area contributed by atoms with Crippen molar-refractivity contribution in [2.45, 2.75) is 25.3 Å². The summed E-state index contributed by atoms with van der Waals surface area (Å²) in [6.45, 7) is 1.13. The molecule has 0 atom stereocenters. The van der Waals surface area contributed by atoms with Crippen LogP contribution in [0.25, 0.3) is 10.9 Å². The molecule has 3 rings (SSSR count). The first kappa shape index (κ1) is 10.7. The first-order chi connectivity index (χ1) is 8.24. The molecule has 1 fully saturated rings. The number of nitrogens with two attached hydrogens (primary N) is 1. The number of nitrogens with one attached hydrogen (secondary N) is 1. The second-order valence-corrected chi connectivity index (χ2v) is 5.08. The molecular formula is C14H19N3. The fourth-order valence-corrected chi connectivity index (χ4v) is 2.40. The number of fused-ring (bicyclic) bond motifs is 1. The summed E-state index contributed by atoms with van der Waals surface area (Å²) in [4.78, 5) is 5.77. The van der Waals surface area contributed by atoms with Gasteiger partial charge in [0.2, 0.25) is 0 Å². The van der Waals surface area contributed by atoms with Gasteiger partial charge >= 0.3 is 0 Å². The van der Waals surface area contributed by atoms with Crippen LogP contribution in [0.3, 0.4) is 0 Å². The predicted octanol–water partition coefficient (Wildman–Crippen LogP) is 2.39. The molecule has 1 aliphatic rings. The van der Waals surface area contributed by atoms with Crippen molar-refractivity contribution in [1.29, 1.82) is 0 Å². The van der Waals surface area contributed by atoms with E-state index in [-0.39, 0.29) is 0 Å². The molecule has 1 heterocycles. The maximum Gasteiger partial charge on any atom is 0.0458 e. The summed E-state index contributed by atoms with van der Waals surface area (Å²) in [5.74, 6) is 0. The number of H-pyrrole nitrogens is 1. The van der Waals surface area contributed by atoms with E-state index in [1.54, 1.807) is 0 Å². The van der Waals surface area contributed by atoms with Crippen LogP contribution >= 0.6 is 0 Å². The number of rotatable bonds is 4. The molecule has 1 aromatic heterocycles. The highest BCUT2D eigenvalue weighted by Gasteiger charge is 2.25. The van der Waals surface area contributed by atoms with Crippen molar-refractivity contribution in [2.75, 3.05) is 19.3 Å². The SMILES string of the molecule is CN(CCc1c[nH]c2ccc(N)cc12)C1CC1. The minimum Gasteiger partial charge on any atom is -0.399 e. The first-order valence-electron chi connectivity index (χ1n) is 6.30. The highest BCUT2D eigenvalue weighted by molar-refractivity contribution is 5.86. The molecule has 3 heteroatoms. The molecule has 0 unspecified atom stereocenters. The lowest BCUT2D eigenvalue weighted by molar-refractivity contribution is 0.329. The van der Waals surface area contributed by atoms with Crippen molar-refractivity contribution < 1.29 is 0 Å². The minimum atomic E-state index is 0.838. The number of hydrogen-bond acceptors (Lipinski definition) is 2. The number of hydrogen-bond donors (Lipinski definition) is 2. The third-order valence-corrected chi connectivity index (χ3v) is 3.70. The van der Waals surface area contributed by atoms with Crippen molar-refractivity contribution >= 4 is 16.6 Å². The van der Waals surface area contributed by atoms with Gasteiger partial charge < -0.3 is 15.6 Å². The van der Waals surface area contributed by atoms with Crippen LogP contribution in [0.5, 0.6) is 0 Å². The summed E-state index contributed by atoms with van der Waals surface area (Å²) in [5, 5.41) is 1.27. The molecule has 0 bridgehead atoms. The maximum absolute atomic E-state index is 5.84. The van der Waals surface area contributed by atoms with Crippen molar-refractivity contribution in [1.82, 2.24) is 9.88 Å². The van der Waals surface area contributed by atoms with E-state index in [4.69, 9.17) is 5.73 Å². The Hall–Kier alpha value is -1.48. The van der Waals surface area contributed by atoms with Gasteiger partial charge in [-0.25, -0.2) is 0 Å².